The zero-order valence-corrected chi connectivity index (χ0v) is 18.6. The lowest BCUT2D eigenvalue weighted by Crippen LogP contribution is -2.27. The molecule has 0 fully saturated rings. The Morgan fingerprint density at radius 2 is 1.81 bits per heavy atom. The molecule has 1 N–H and O–H groups in total. The van der Waals surface area contributed by atoms with E-state index in [1.165, 1.54) is 6.07 Å². The van der Waals surface area contributed by atoms with Gasteiger partial charge in [-0.05, 0) is 42.3 Å². The van der Waals surface area contributed by atoms with E-state index >= 15 is 0 Å². The molecule has 7 nitrogen and oxygen atoms in total. The third kappa shape index (κ3) is 4.42. The summed E-state index contributed by atoms with van der Waals surface area (Å²) in [5.74, 6) is -0.282. The number of benzene rings is 3. The minimum atomic E-state index is -3.98. The molecule has 0 atom stereocenters. The minimum Gasteiger partial charge on any atom is -0.337 e. The molecule has 1 amide bonds. The summed E-state index contributed by atoms with van der Waals surface area (Å²) in [5, 5.41) is 0. The molecule has 0 spiro atoms. The van der Waals surface area contributed by atoms with Gasteiger partial charge in [0, 0.05) is 13.6 Å². The number of fused-ring (bicyclic) bond motifs is 1. The van der Waals surface area contributed by atoms with Crippen LogP contribution in [0.15, 0.2) is 71.6 Å². The largest absolute Gasteiger partial charge is 0.337 e. The Labute approximate surface area is 184 Å². The third-order valence-corrected chi connectivity index (χ3v) is 6.74. The highest BCUT2D eigenvalue weighted by Crippen LogP contribution is 2.27. The van der Waals surface area contributed by atoms with Crippen LogP contribution in [0.2, 0.25) is 0 Å². The summed E-state index contributed by atoms with van der Waals surface area (Å²) in [4.78, 5) is 14.7. The van der Waals surface area contributed by atoms with Gasteiger partial charge < -0.3 is 4.90 Å². The number of nitrogens with zero attached hydrogens (tertiary/aromatic N) is 3. The molecule has 1 heterocycles. The molecule has 158 valence electrons. The number of rotatable bonds is 6. The lowest BCUT2D eigenvalue weighted by molar-refractivity contribution is 0.0786. The van der Waals surface area contributed by atoms with Crippen LogP contribution in [-0.2, 0) is 16.6 Å². The summed E-state index contributed by atoms with van der Waals surface area (Å²) in [5.41, 5.74) is 3.13. The van der Waals surface area contributed by atoms with Crippen molar-refractivity contribution in [2.45, 2.75) is 18.4 Å². The van der Waals surface area contributed by atoms with E-state index in [0.29, 0.717) is 17.6 Å². The van der Waals surface area contributed by atoms with Crippen molar-refractivity contribution >= 4 is 44.4 Å². The van der Waals surface area contributed by atoms with E-state index in [-0.39, 0.29) is 22.1 Å². The Morgan fingerprint density at radius 3 is 2.58 bits per heavy atom. The fourth-order valence-electron chi connectivity index (χ4n) is 3.26. The SMILES string of the molecule is Cc1ccc(C(=O)N(C)Cc2ccccc2)c(NS(=O)(=O)c2cccc3nsnc23)c1. The van der Waals surface area contributed by atoms with Crippen molar-refractivity contribution in [1.82, 2.24) is 13.6 Å². The van der Waals surface area contributed by atoms with Crippen LogP contribution < -0.4 is 4.72 Å². The standard InChI is InChI=1S/C22H20N4O3S2/c1-15-11-12-17(22(27)26(2)14-16-7-4-3-5-8-16)19(13-15)25-31(28,29)20-10-6-9-18-21(20)24-30-23-18/h3-13,25H,14H2,1-2H3. The Morgan fingerprint density at radius 1 is 1.03 bits per heavy atom. The van der Waals surface area contributed by atoms with Gasteiger partial charge >= 0.3 is 0 Å². The number of aromatic nitrogens is 2. The molecule has 4 aromatic rings. The van der Waals surface area contributed by atoms with Gasteiger partial charge in [-0.15, -0.1) is 0 Å². The maximum atomic E-state index is 13.2. The number of carbonyl (C=O) groups is 1. The van der Waals surface area contributed by atoms with Gasteiger partial charge in [-0.25, -0.2) is 8.42 Å². The van der Waals surface area contributed by atoms with Gasteiger partial charge in [-0.2, -0.15) is 8.75 Å². The third-order valence-electron chi connectivity index (χ3n) is 4.80. The minimum absolute atomic E-state index is 0.0243. The second kappa shape index (κ2) is 8.44. The van der Waals surface area contributed by atoms with Crippen LogP contribution in [0.4, 0.5) is 5.69 Å². The molecule has 0 radical (unpaired) electrons. The second-order valence-electron chi connectivity index (χ2n) is 7.19. The van der Waals surface area contributed by atoms with E-state index in [2.05, 4.69) is 13.5 Å². The van der Waals surface area contributed by atoms with Crippen molar-refractivity contribution in [3.8, 4) is 0 Å². The van der Waals surface area contributed by atoms with Crippen LogP contribution in [0.1, 0.15) is 21.5 Å². The smallest absolute Gasteiger partial charge is 0.264 e. The molecule has 3 aromatic carbocycles. The van der Waals surface area contributed by atoms with Crippen LogP contribution in [0, 0.1) is 6.92 Å². The number of aryl methyl sites for hydroxylation is 1. The molecule has 0 saturated heterocycles. The van der Waals surface area contributed by atoms with Gasteiger partial charge in [0.2, 0.25) is 0 Å². The average molecular weight is 453 g/mol. The van der Waals surface area contributed by atoms with Crippen molar-refractivity contribution in [1.29, 1.82) is 0 Å². The first kappa shape index (κ1) is 21.0. The Balaban J connectivity index is 1.67. The van der Waals surface area contributed by atoms with Gasteiger partial charge in [-0.1, -0.05) is 42.5 Å². The highest BCUT2D eigenvalue weighted by molar-refractivity contribution is 7.93. The maximum Gasteiger partial charge on any atom is 0.264 e. The summed E-state index contributed by atoms with van der Waals surface area (Å²) >= 11 is 0.952. The fraction of sp³-hybridized carbons (Fsp3) is 0.136. The number of amides is 1. The lowest BCUT2D eigenvalue weighted by Gasteiger charge is -2.20. The van der Waals surface area contributed by atoms with Crippen molar-refractivity contribution in [3.63, 3.8) is 0 Å². The summed E-state index contributed by atoms with van der Waals surface area (Å²) in [6.07, 6.45) is 0. The number of carbonyl (C=O) groups excluding carboxylic acids is 1. The number of hydrogen-bond donors (Lipinski definition) is 1. The normalized spacial score (nSPS) is 11.4. The van der Waals surface area contributed by atoms with Crippen LogP contribution in [-0.4, -0.2) is 35.0 Å². The molecular weight excluding hydrogens is 432 g/mol. The second-order valence-corrected chi connectivity index (χ2v) is 9.37. The zero-order chi connectivity index (χ0) is 22.0. The molecule has 4 rings (SSSR count). The molecule has 1 aromatic heterocycles. The summed E-state index contributed by atoms with van der Waals surface area (Å²) in [7, 11) is -2.29. The molecule has 0 aliphatic rings. The number of nitrogens with one attached hydrogen (secondary N) is 1. The van der Waals surface area contributed by atoms with Crippen LogP contribution in [0.25, 0.3) is 11.0 Å². The van der Waals surface area contributed by atoms with E-state index in [4.69, 9.17) is 0 Å². The van der Waals surface area contributed by atoms with E-state index in [9.17, 15) is 13.2 Å². The molecule has 0 bridgehead atoms. The number of anilines is 1. The molecule has 31 heavy (non-hydrogen) atoms. The fourth-order valence-corrected chi connectivity index (χ4v) is 5.10. The van der Waals surface area contributed by atoms with E-state index in [1.54, 1.807) is 42.3 Å². The average Bonchev–Trinajstić information content (AvgIpc) is 3.22. The van der Waals surface area contributed by atoms with Crippen molar-refractivity contribution in [3.05, 3.63) is 83.4 Å². The van der Waals surface area contributed by atoms with Crippen molar-refractivity contribution in [2.75, 3.05) is 11.8 Å². The van der Waals surface area contributed by atoms with Gasteiger partial charge in [0.25, 0.3) is 15.9 Å². The van der Waals surface area contributed by atoms with Gasteiger partial charge in [0.15, 0.2) is 0 Å². The van der Waals surface area contributed by atoms with Gasteiger partial charge in [0.1, 0.15) is 15.9 Å². The zero-order valence-electron chi connectivity index (χ0n) is 16.9. The van der Waals surface area contributed by atoms with Crippen LogP contribution in [0.5, 0.6) is 0 Å². The monoisotopic (exact) mass is 452 g/mol. The Bertz CT molecular complexity index is 1350. The first-order chi connectivity index (χ1) is 14.8. The Hall–Kier alpha value is -3.30. The van der Waals surface area contributed by atoms with Crippen molar-refractivity contribution in [2.24, 2.45) is 0 Å². The highest BCUT2D eigenvalue weighted by Gasteiger charge is 2.23. The summed E-state index contributed by atoms with van der Waals surface area (Å²) in [6.45, 7) is 2.24. The number of sulfonamides is 1. The highest BCUT2D eigenvalue weighted by atomic mass is 32.2. The Kier molecular flexibility index (Phi) is 5.71. The molecule has 9 heteroatoms. The van der Waals surface area contributed by atoms with Gasteiger partial charge in [0.05, 0.1) is 23.0 Å². The first-order valence-corrected chi connectivity index (χ1v) is 11.7. The van der Waals surface area contributed by atoms with E-state index in [0.717, 1.165) is 22.9 Å². The summed E-state index contributed by atoms with van der Waals surface area (Å²) in [6, 6.07) is 19.5. The molecule has 0 saturated carbocycles. The first-order valence-electron chi connectivity index (χ1n) is 9.49. The number of hydrogen-bond acceptors (Lipinski definition) is 6. The van der Waals surface area contributed by atoms with Crippen molar-refractivity contribution < 1.29 is 13.2 Å². The maximum absolute atomic E-state index is 13.2. The molecule has 0 unspecified atom stereocenters. The summed E-state index contributed by atoms with van der Waals surface area (Å²) < 4.78 is 37.1. The van der Waals surface area contributed by atoms with E-state index in [1.807, 2.05) is 37.3 Å². The molecule has 0 aliphatic heterocycles. The quantitative estimate of drug-likeness (QED) is 0.476. The van der Waals surface area contributed by atoms with Crippen LogP contribution in [0.3, 0.4) is 0 Å². The van der Waals surface area contributed by atoms with E-state index < -0.39 is 10.0 Å². The predicted molar refractivity (Wildman–Crippen MR) is 122 cm³/mol. The topological polar surface area (TPSA) is 92.3 Å². The predicted octanol–water partition coefficient (Wildman–Crippen LogP) is 4.07. The van der Waals surface area contributed by atoms with Crippen LogP contribution >= 0.6 is 11.7 Å². The lowest BCUT2D eigenvalue weighted by atomic mass is 10.1. The molecule has 0 aliphatic carbocycles. The molecular formula is C22H20N4O3S2. The van der Waals surface area contributed by atoms with Gasteiger partial charge in [-0.3, -0.25) is 9.52 Å².